The highest BCUT2D eigenvalue weighted by atomic mass is 32.1. The number of nitrogens with zero attached hydrogens (tertiary/aromatic N) is 2. The molecule has 0 unspecified atom stereocenters. The fourth-order valence-corrected chi connectivity index (χ4v) is 6.40. The zero-order valence-electron chi connectivity index (χ0n) is 16.8. The zero-order valence-corrected chi connectivity index (χ0v) is 17.6. The average Bonchev–Trinajstić information content (AvgIpc) is 3.19. The topological polar surface area (TPSA) is 25.2 Å². The summed E-state index contributed by atoms with van der Waals surface area (Å²) in [5.74, 6) is 1.00. The number of piperidine rings is 1. The van der Waals surface area contributed by atoms with E-state index in [4.69, 9.17) is 0 Å². The molecule has 0 N–H and O–H groups in total. The van der Waals surface area contributed by atoms with E-state index in [1.165, 1.54) is 27.8 Å². The van der Waals surface area contributed by atoms with E-state index in [1.54, 1.807) is 11.3 Å². The van der Waals surface area contributed by atoms with Crippen molar-refractivity contribution in [2.75, 3.05) is 13.1 Å². The minimum Gasteiger partial charge on any atom is -0.311 e. The molecule has 1 fully saturated rings. The number of rotatable bonds is 3. The van der Waals surface area contributed by atoms with Gasteiger partial charge in [-0.2, -0.15) is 0 Å². The molecule has 2 aromatic heterocycles. The van der Waals surface area contributed by atoms with Crippen LogP contribution in [0.4, 0.5) is 0 Å². The number of fused-ring (bicyclic) bond motifs is 5. The maximum Gasteiger partial charge on any atom is 0.259 e. The van der Waals surface area contributed by atoms with E-state index in [1.807, 2.05) is 0 Å². The van der Waals surface area contributed by atoms with Gasteiger partial charge in [0.05, 0.1) is 5.56 Å². The summed E-state index contributed by atoms with van der Waals surface area (Å²) in [6.07, 6.45) is 1.20. The molecule has 4 heteroatoms. The van der Waals surface area contributed by atoms with Gasteiger partial charge in [-0.1, -0.05) is 48.5 Å². The second kappa shape index (κ2) is 7.22. The van der Waals surface area contributed by atoms with Gasteiger partial charge in [0.25, 0.3) is 5.56 Å². The van der Waals surface area contributed by atoms with Gasteiger partial charge in [0.2, 0.25) is 0 Å². The van der Waals surface area contributed by atoms with Crippen molar-refractivity contribution < 1.29 is 0 Å². The van der Waals surface area contributed by atoms with Crippen LogP contribution in [0.1, 0.15) is 23.6 Å². The molecule has 2 aliphatic rings. The van der Waals surface area contributed by atoms with E-state index in [2.05, 4.69) is 82.3 Å². The fourth-order valence-electron chi connectivity index (χ4n) is 5.32. The normalized spacial score (nSPS) is 20.9. The van der Waals surface area contributed by atoms with E-state index >= 15 is 0 Å². The van der Waals surface area contributed by atoms with Gasteiger partial charge >= 0.3 is 0 Å². The van der Waals surface area contributed by atoms with Gasteiger partial charge in [-0.15, -0.1) is 11.3 Å². The molecule has 0 amide bonds. The molecule has 0 spiro atoms. The summed E-state index contributed by atoms with van der Waals surface area (Å²) in [6.45, 7) is 3.95. The molecule has 0 aliphatic carbocycles. The predicted molar refractivity (Wildman–Crippen MR) is 124 cm³/mol. The number of benzene rings is 2. The number of likely N-dealkylation sites (tertiary alicyclic amines) is 1. The van der Waals surface area contributed by atoms with Crippen molar-refractivity contribution in [1.82, 2.24) is 9.47 Å². The summed E-state index contributed by atoms with van der Waals surface area (Å²) in [5, 5.41) is 1.22. The molecule has 3 nitrogen and oxygen atoms in total. The Bertz CT molecular complexity index is 1240. The molecule has 4 heterocycles. The summed E-state index contributed by atoms with van der Waals surface area (Å²) < 4.78 is 3.32. The average molecular weight is 413 g/mol. The summed E-state index contributed by atoms with van der Waals surface area (Å²) in [7, 11) is 0. The monoisotopic (exact) mass is 412 g/mol. The summed E-state index contributed by atoms with van der Waals surface area (Å²) in [4.78, 5) is 17.1. The van der Waals surface area contributed by atoms with Gasteiger partial charge in [0.15, 0.2) is 0 Å². The smallest absolute Gasteiger partial charge is 0.259 e. The molecule has 4 aromatic rings. The summed E-state index contributed by atoms with van der Waals surface area (Å²) in [6, 6.07) is 25.5. The lowest BCUT2D eigenvalue weighted by atomic mass is 9.82. The van der Waals surface area contributed by atoms with Gasteiger partial charge in [0.1, 0.15) is 0 Å². The molecule has 150 valence electrons. The maximum atomic E-state index is 13.5. The van der Waals surface area contributed by atoms with Crippen LogP contribution >= 0.6 is 11.3 Å². The van der Waals surface area contributed by atoms with Crippen LogP contribution in [0.25, 0.3) is 20.5 Å². The Morgan fingerprint density at radius 3 is 2.60 bits per heavy atom. The Morgan fingerprint density at radius 1 is 0.900 bits per heavy atom. The van der Waals surface area contributed by atoms with Gasteiger partial charge in [-0.25, -0.2) is 0 Å². The Balaban J connectivity index is 1.32. The van der Waals surface area contributed by atoms with Crippen LogP contribution < -0.4 is 5.56 Å². The number of thiophene rings is 1. The highest BCUT2D eigenvalue weighted by molar-refractivity contribution is 7.22. The Kier molecular flexibility index (Phi) is 4.36. The Labute approximate surface area is 180 Å². The van der Waals surface area contributed by atoms with Crippen molar-refractivity contribution in [3.63, 3.8) is 0 Å². The Hall–Kier alpha value is -2.69. The van der Waals surface area contributed by atoms with Gasteiger partial charge in [-0.05, 0) is 47.6 Å². The first kappa shape index (κ1) is 18.1. The number of hydrogen-bond acceptors (Lipinski definition) is 3. The molecule has 30 heavy (non-hydrogen) atoms. The van der Waals surface area contributed by atoms with E-state index < -0.39 is 0 Å². The van der Waals surface area contributed by atoms with Crippen LogP contribution in [0.15, 0.2) is 77.6 Å². The minimum atomic E-state index is 0.185. The first-order chi connectivity index (χ1) is 14.7. The zero-order chi connectivity index (χ0) is 20.1. The largest absolute Gasteiger partial charge is 0.311 e. The van der Waals surface area contributed by atoms with E-state index in [9.17, 15) is 4.79 Å². The molecular weight excluding hydrogens is 388 g/mol. The van der Waals surface area contributed by atoms with Crippen LogP contribution in [-0.4, -0.2) is 22.6 Å². The molecule has 2 aromatic carbocycles. The SMILES string of the molecule is O=c1c(-c2cc3ccccc3s2)ccc2n1C[C@H]1C[C@@H]2CN(Cc2ccccc2)C1. The standard InChI is InChI=1S/C26H24N2OS/c29-26-22(25-13-20-8-4-5-9-24(20)30-25)10-11-23-21-12-19(16-28(23)26)15-27(17-21)14-18-6-2-1-3-7-18/h1-11,13,19,21H,12,14-17H2/t19-,21+/m0/s1. The van der Waals surface area contributed by atoms with E-state index in [-0.39, 0.29) is 5.56 Å². The lowest BCUT2D eigenvalue weighted by Gasteiger charge is -2.43. The quantitative estimate of drug-likeness (QED) is 0.453. The minimum absolute atomic E-state index is 0.185. The molecule has 0 saturated carbocycles. The maximum absolute atomic E-state index is 13.5. The van der Waals surface area contributed by atoms with Crippen molar-refractivity contribution in [1.29, 1.82) is 0 Å². The van der Waals surface area contributed by atoms with Crippen molar-refractivity contribution in [2.24, 2.45) is 5.92 Å². The van der Waals surface area contributed by atoms with Crippen LogP contribution in [0.2, 0.25) is 0 Å². The molecule has 2 bridgehead atoms. The molecule has 2 atom stereocenters. The molecule has 2 aliphatic heterocycles. The van der Waals surface area contributed by atoms with Crippen molar-refractivity contribution in [3.05, 3.63) is 94.4 Å². The van der Waals surface area contributed by atoms with Crippen LogP contribution in [-0.2, 0) is 13.1 Å². The van der Waals surface area contributed by atoms with Gasteiger partial charge < -0.3 is 4.57 Å². The van der Waals surface area contributed by atoms with Gasteiger partial charge in [-0.3, -0.25) is 9.69 Å². The van der Waals surface area contributed by atoms with Crippen molar-refractivity contribution in [2.45, 2.75) is 25.4 Å². The van der Waals surface area contributed by atoms with E-state index in [0.29, 0.717) is 11.8 Å². The number of aromatic nitrogens is 1. The van der Waals surface area contributed by atoms with Gasteiger partial charge in [0, 0.05) is 47.4 Å². The highest BCUT2D eigenvalue weighted by Crippen LogP contribution is 2.37. The van der Waals surface area contributed by atoms with Crippen LogP contribution in [0.3, 0.4) is 0 Å². The number of pyridine rings is 1. The van der Waals surface area contributed by atoms with E-state index in [0.717, 1.165) is 36.6 Å². The molecular formula is C26H24N2OS. The fraction of sp³-hybridized carbons (Fsp3) is 0.269. The third-order valence-corrected chi connectivity index (χ3v) is 7.77. The molecule has 6 rings (SSSR count). The highest BCUT2D eigenvalue weighted by Gasteiger charge is 2.35. The second-order valence-electron chi connectivity index (χ2n) is 8.71. The second-order valence-corrected chi connectivity index (χ2v) is 9.80. The predicted octanol–water partition coefficient (Wildman–Crippen LogP) is 5.35. The van der Waals surface area contributed by atoms with Crippen LogP contribution in [0, 0.1) is 5.92 Å². The number of hydrogen-bond donors (Lipinski definition) is 0. The third-order valence-electron chi connectivity index (χ3n) is 6.62. The first-order valence-corrected chi connectivity index (χ1v) is 11.6. The molecule has 0 radical (unpaired) electrons. The van der Waals surface area contributed by atoms with Crippen molar-refractivity contribution in [3.8, 4) is 10.4 Å². The van der Waals surface area contributed by atoms with Crippen molar-refractivity contribution >= 4 is 21.4 Å². The Morgan fingerprint density at radius 2 is 1.73 bits per heavy atom. The summed E-state index contributed by atoms with van der Waals surface area (Å²) in [5.41, 5.74) is 3.63. The van der Waals surface area contributed by atoms with Crippen LogP contribution in [0.5, 0.6) is 0 Å². The molecule has 1 saturated heterocycles. The first-order valence-electron chi connectivity index (χ1n) is 10.7. The third kappa shape index (κ3) is 3.11. The summed E-state index contributed by atoms with van der Waals surface area (Å²) >= 11 is 1.72. The lowest BCUT2D eigenvalue weighted by molar-refractivity contribution is 0.114. The lowest BCUT2D eigenvalue weighted by Crippen LogP contribution is -2.46.